The van der Waals surface area contributed by atoms with Crippen molar-refractivity contribution in [3.63, 3.8) is 0 Å². The van der Waals surface area contributed by atoms with Crippen LogP contribution in [0.4, 0.5) is 21.0 Å². The monoisotopic (exact) mass is 521 g/mol. The molecule has 3 amide bonds. The zero-order valence-electron chi connectivity index (χ0n) is 39.2. The van der Waals surface area contributed by atoms with Gasteiger partial charge in [0.05, 0.1) is 44.1 Å². The Bertz CT molecular complexity index is 1660. The number of likely N-dealkylation sites (tertiary alicyclic amines) is 1. The molecule has 3 saturated heterocycles. The largest absolute Gasteiger partial charge is 0.498 e. The summed E-state index contributed by atoms with van der Waals surface area (Å²) in [6.07, 6.45) is -19.1. The highest BCUT2D eigenvalue weighted by Crippen LogP contribution is 2.34. The molecule has 3 heterocycles. The quantitative estimate of drug-likeness (QED) is 0.599. The van der Waals surface area contributed by atoms with E-state index in [-0.39, 0.29) is 4.90 Å². The van der Waals surface area contributed by atoms with E-state index in [9.17, 15) is 18.8 Å². The maximum atomic E-state index is 14.6. The summed E-state index contributed by atoms with van der Waals surface area (Å²) in [6, 6.07) is -1.96. The summed E-state index contributed by atoms with van der Waals surface area (Å²) < 4.78 is 174. The highest BCUT2D eigenvalue weighted by atomic mass is 16.5. The summed E-state index contributed by atoms with van der Waals surface area (Å²) in [6.45, 7) is -14.1. The first-order valence-corrected chi connectivity index (χ1v) is 11.2. The summed E-state index contributed by atoms with van der Waals surface area (Å²) in [5.74, 6) is -4.63. The third-order valence-corrected chi connectivity index (χ3v) is 5.64. The predicted molar refractivity (Wildman–Crippen MR) is 137 cm³/mol. The molecule has 3 fully saturated rings. The average molecular weight is 522 g/mol. The lowest BCUT2D eigenvalue weighted by atomic mass is 9.89. The van der Waals surface area contributed by atoms with Crippen molar-refractivity contribution in [2.45, 2.75) is 57.8 Å². The number of urea groups is 1. The van der Waals surface area contributed by atoms with Gasteiger partial charge < -0.3 is 29.6 Å². The van der Waals surface area contributed by atoms with Gasteiger partial charge in [-0.3, -0.25) is 9.38 Å². The van der Waals surface area contributed by atoms with Crippen LogP contribution in [0, 0.1) is 5.89 Å². The fourth-order valence-electron chi connectivity index (χ4n) is 3.55. The molecule has 1 unspecified atom stereocenters. The Balaban J connectivity index is 2.10. The zero-order chi connectivity index (χ0) is 42.8. The van der Waals surface area contributed by atoms with Gasteiger partial charge in [-0.2, -0.15) is 0 Å². The van der Waals surface area contributed by atoms with Crippen molar-refractivity contribution in [3.05, 3.63) is 24.3 Å². The Morgan fingerprint density at radius 2 is 1.83 bits per heavy atom. The number of quaternary nitrogens is 1. The number of anilines is 2. The molecule has 0 aromatic heterocycles. The molecule has 3 aliphatic rings. The number of morpholine rings is 1. The van der Waals surface area contributed by atoms with E-state index in [1.165, 1.54) is 12.1 Å². The molecule has 0 bridgehead atoms. The van der Waals surface area contributed by atoms with Crippen molar-refractivity contribution < 1.29 is 54.7 Å². The number of amides is 3. The minimum Gasteiger partial charge on any atom is -0.498 e. The van der Waals surface area contributed by atoms with E-state index >= 15 is 0 Å². The van der Waals surface area contributed by atoms with E-state index in [1.54, 1.807) is 4.90 Å². The number of hydrogen-bond acceptors (Lipinski definition) is 6. The Hall–Kier alpha value is -2.36. The van der Waals surface area contributed by atoms with Gasteiger partial charge in [-0.15, -0.1) is 0 Å². The summed E-state index contributed by atoms with van der Waals surface area (Å²) in [4.78, 5) is 29.0. The number of carboxylic acid groups (broad SMARTS) is 1. The van der Waals surface area contributed by atoms with Gasteiger partial charge in [-0.1, -0.05) is 0 Å². The van der Waals surface area contributed by atoms with Crippen molar-refractivity contribution in [2.24, 2.45) is 5.89 Å². The minimum absolute atomic E-state index is 0.297. The first-order valence-electron chi connectivity index (χ1n) is 20.7. The maximum Gasteiger partial charge on any atom is 0.322 e. The van der Waals surface area contributed by atoms with Crippen LogP contribution >= 0.6 is 0 Å². The van der Waals surface area contributed by atoms with Gasteiger partial charge >= 0.3 is 6.03 Å². The summed E-state index contributed by atoms with van der Waals surface area (Å²) in [5, 5.41) is 12.1. The number of hydrogen-bond donors (Lipinski definition) is 1. The molecule has 0 saturated carbocycles. The van der Waals surface area contributed by atoms with Crippen molar-refractivity contribution >= 4 is 23.5 Å². The second-order valence-electron chi connectivity index (χ2n) is 8.95. The van der Waals surface area contributed by atoms with E-state index in [2.05, 4.69) is 4.74 Å². The molecule has 0 aliphatic carbocycles. The zero-order valence-corrected chi connectivity index (χ0v) is 20.2. The number of benzene rings is 1. The Morgan fingerprint density at radius 1 is 1.17 bits per heavy atom. The predicted octanol–water partition coefficient (Wildman–Crippen LogP) is 2.59. The number of rotatable bonds is 5. The highest BCUT2D eigenvalue weighted by molar-refractivity contribution is 5.92. The molecular weight excluding hydrogens is 460 g/mol. The van der Waals surface area contributed by atoms with Crippen LogP contribution in [0.25, 0.3) is 0 Å². The van der Waals surface area contributed by atoms with Crippen LogP contribution < -0.4 is 20.2 Å². The van der Waals surface area contributed by atoms with Crippen molar-refractivity contribution in [2.75, 3.05) is 68.8 Å². The molecule has 9 heteroatoms. The number of ether oxygens (including phenoxy) is 2. The topological polar surface area (TPSA) is 94.2 Å². The summed E-state index contributed by atoms with van der Waals surface area (Å²) >= 11 is 0. The molecular formula is C27H42N4O5. The van der Waals surface area contributed by atoms with Crippen molar-refractivity contribution in [1.82, 2.24) is 5.31 Å². The van der Waals surface area contributed by atoms with E-state index in [0.717, 1.165) is 32.9 Å². The van der Waals surface area contributed by atoms with E-state index in [4.69, 9.17) is 26.7 Å². The van der Waals surface area contributed by atoms with Crippen LogP contribution in [0.3, 0.4) is 0 Å². The molecule has 9 nitrogen and oxygen atoms in total. The maximum absolute atomic E-state index is 14.6. The first kappa shape index (κ1) is 11.6. The minimum atomic E-state index is -4.63. The van der Waals surface area contributed by atoms with E-state index < -0.39 is 103 Å². The lowest BCUT2D eigenvalue weighted by molar-refractivity contribution is -0.924. The number of nitrogens with zero attached hydrogens (tertiary/aromatic N) is 3. The average Bonchev–Trinajstić information content (AvgIpc) is 3.04. The van der Waals surface area contributed by atoms with Crippen LogP contribution in [0.15, 0.2) is 24.3 Å². The molecule has 1 atom stereocenters. The van der Waals surface area contributed by atoms with Gasteiger partial charge in [0, 0.05) is 75.2 Å². The third-order valence-electron chi connectivity index (χ3n) is 5.64. The Morgan fingerprint density at radius 3 is 2.44 bits per heavy atom. The van der Waals surface area contributed by atoms with Crippen molar-refractivity contribution in [3.8, 4) is 0 Å². The third kappa shape index (κ3) is 5.95. The fraction of sp³-hybridized carbons (Fsp3) is 0.704. The molecule has 1 aromatic carbocycles. The molecule has 3 aliphatic heterocycles. The van der Waals surface area contributed by atoms with Gasteiger partial charge in [-0.25, -0.2) is 4.79 Å². The SMILES string of the molecule is [2H]N(C(=O)N(c1ccc(N2CCOCC2)cc1)C([2H])([2H])C1([2H])C([2H])([2H])C([2H])([2H])[N+](C(=O)[O-])(C(C)(C)C)C([2H])([2H])C1([2H])[2H])C1([2H])C([2H])([2H])COC([2H])([2H])C1([2H])[2H]. The van der Waals surface area contributed by atoms with Crippen LogP contribution in [0.5, 0.6) is 0 Å². The van der Waals surface area contributed by atoms with Crippen LogP contribution in [-0.2, 0) is 9.47 Å². The molecule has 0 spiro atoms. The summed E-state index contributed by atoms with van der Waals surface area (Å²) in [7, 11) is 0. The number of carbonyl (C=O) groups is 2. The van der Waals surface area contributed by atoms with E-state index in [1.807, 2.05) is 0 Å². The van der Waals surface area contributed by atoms with Crippen LogP contribution in [-0.4, -0.2) is 87.1 Å². The van der Waals surface area contributed by atoms with Crippen LogP contribution in [0.1, 0.15) is 70.9 Å². The van der Waals surface area contributed by atoms with Crippen molar-refractivity contribution in [1.29, 1.82) is 0 Å². The molecule has 36 heavy (non-hydrogen) atoms. The van der Waals surface area contributed by atoms with Gasteiger partial charge in [0.25, 0.3) is 6.09 Å². The Labute approximate surface area is 241 Å². The molecule has 4 rings (SSSR count). The number of nitrogens with one attached hydrogen (secondary N) is 1. The molecule has 0 radical (unpaired) electrons. The lowest BCUT2D eigenvalue weighted by Crippen LogP contribution is -2.70. The number of piperidine rings is 1. The van der Waals surface area contributed by atoms with Gasteiger partial charge in [0.15, 0.2) is 1.41 Å². The van der Waals surface area contributed by atoms with Gasteiger partial charge in [0.2, 0.25) is 0 Å². The fourth-order valence-corrected chi connectivity index (χ4v) is 3.55. The highest BCUT2D eigenvalue weighted by Gasteiger charge is 2.45. The number of carbonyl (C=O) groups excluding carboxylic acids is 2. The summed E-state index contributed by atoms with van der Waals surface area (Å²) in [5.41, 5.74) is -2.74. The van der Waals surface area contributed by atoms with Gasteiger partial charge in [0.1, 0.15) is 0 Å². The first-order chi connectivity index (χ1) is 24.4. The second-order valence-corrected chi connectivity index (χ2v) is 8.95. The normalized spacial score (nSPS) is 49.4. The van der Waals surface area contributed by atoms with Gasteiger partial charge in [-0.05, 0) is 63.7 Å². The van der Waals surface area contributed by atoms with E-state index in [0.29, 0.717) is 32.0 Å². The van der Waals surface area contributed by atoms with Crippen LogP contribution in [0.2, 0.25) is 1.41 Å². The second kappa shape index (κ2) is 11.4. The Kier molecular flexibility index (Phi) is 3.65. The molecule has 1 N–H and O–H groups in total. The smallest absolute Gasteiger partial charge is 0.322 e. The standard InChI is InChI=1S/C27H42N4O5/c1-27(2,3)31(26(33)34)14-8-21(9-15-31)20-30(25(32)28-22-10-16-35-17-11-22)24-6-4-23(5-7-24)29-12-18-36-19-13-29/h4-7,21-22H,8-20H2,1-3H3,(H-,28,32,33,34)/i8D2,9D2,10D2,11D2,14D2,15D2,16D2,20D2,21D,22D/hD. The lowest BCUT2D eigenvalue weighted by Gasteiger charge is -2.51. The molecule has 1 aromatic rings. The molecule has 200 valence electrons.